The second kappa shape index (κ2) is 7.19. The highest BCUT2D eigenvalue weighted by Gasteiger charge is 2.49. The summed E-state index contributed by atoms with van der Waals surface area (Å²) in [5.41, 5.74) is 1.93. The Hall–Kier alpha value is -3.62. The highest BCUT2D eigenvalue weighted by molar-refractivity contribution is 9.10. The average Bonchev–Trinajstić information content (AvgIpc) is 3.42. The van der Waals surface area contributed by atoms with Gasteiger partial charge < -0.3 is 9.88 Å². The molecular weight excluding hydrogens is 504 g/mol. The predicted molar refractivity (Wildman–Crippen MR) is 130 cm³/mol. The molecule has 4 aromatic heterocycles. The zero-order valence-corrected chi connectivity index (χ0v) is 19.5. The Labute approximate surface area is 200 Å². The fraction of sp³-hybridized carbons (Fsp3) is 0.136. The minimum atomic E-state index is -0.939. The maximum Gasteiger partial charge on any atom is 0.283 e. The predicted octanol–water partition coefficient (Wildman–Crippen LogP) is 3.38. The number of halogens is 1. The molecule has 6 rings (SSSR count). The molecule has 0 saturated carbocycles. The van der Waals surface area contributed by atoms with Crippen LogP contribution < -0.4 is 10.5 Å². The van der Waals surface area contributed by atoms with E-state index in [0.717, 1.165) is 0 Å². The van der Waals surface area contributed by atoms with Crippen molar-refractivity contribution in [3.8, 4) is 11.8 Å². The molecule has 5 heterocycles. The normalized spacial score (nSPS) is 17.9. The second-order valence-electron chi connectivity index (χ2n) is 7.71. The van der Waals surface area contributed by atoms with Crippen LogP contribution in [0.5, 0.6) is 0 Å². The van der Waals surface area contributed by atoms with E-state index < -0.39 is 4.87 Å². The lowest BCUT2D eigenvalue weighted by atomic mass is 9.99. The van der Waals surface area contributed by atoms with Crippen molar-refractivity contribution in [2.45, 2.75) is 11.3 Å². The van der Waals surface area contributed by atoms with E-state index in [2.05, 4.69) is 37.0 Å². The Bertz CT molecular complexity index is 1650. The smallest absolute Gasteiger partial charge is 0.283 e. The van der Waals surface area contributed by atoms with Crippen LogP contribution >= 0.6 is 28.6 Å². The number of fused-ring (bicyclic) bond motifs is 2. The third kappa shape index (κ3) is 2.77. The van der Waals surface area contributed by atoms with Crippen molar-refractivity contribution in [2.75, 3.05) is 11.4 Å². The van der Waals surface area contributed by atoms with Crippen molar-refractivity contribution in [1.82, 2.24) is 29.1 Å². The molecule has 1 aromatic carbocycles. The van der Waals surface area contributed by atoms with Gasteiger partial charge in [0.05, 0.1) is 21.1 Å². The Morgan fingerprint density at radius 1 is 1.21 bits per heavy atom. The summed E-state index contributed by atoms with van der Waals surface area (Å²) >= 11 is 8.53. The van der Waals surface area contributed by atoms with Crippen molar-refractivity contribution < 1.29 is 0 Å². The van der Waals surface area contributed by atoms with Gasteiger partial charge in [-0.15, -0.1) is 12.6 Å². The molecule has 5 aromatic rings. The van der Waals surface area contributed by atoms with E-state index in [0.29, 0.717) is 56.9 Å². The molecule has 1 N–H and O–H groups in total. The van der Waals surface area contributed by atoms with Gasteiger partial charge in [0.15, 0.2) is 5.82 Å². The van der Waals surface area contributed by atoms with Crippen molar-refractivity contribution >= 4 is 50.9 Å². The number of hydrogen-bond acceptors (Lipinski definition) is 7. The van der Waals surface area contributed by atoms with Gasteiger partial charge in [-0.25, -0.2) is 14.5 Å². The largest absolute Gasteiger partial charge is 0.345 e. The van der Waals surface area contributed by atoms with Gasteiger partial charge in [-0.2, -0.15) is 10.4 Å². The van der Waals surface area contributed by atoms with Crippen LogP contribution in [-0.4, -0.2) is 35.7 Å². The first-order chi connectivity index (χ1) is 16.0. The summed E-state index contributed by atoms with van der Waals surface area (Å²) in [5.74, 6) is 1.03. The molecule has 0 amide bonds. The molecular formula is C22H15BrN8OS. The molecule has 1 unspecified atom stereocenters. The van der Waals surface area contributed by atoms with Gasteiger partial charge in [-0.05, 0) is 34.1 Å². The van der Waals surface area contributed by atoms with E-state index in [1.54, 1.807) is 27.5 Å². The molecule has 0 bridgehead atoms. The summed E-state index contributed by atoms with van der Waals surface area (Å²) in [4.78, 5) is 26.4. The highest BCUT2D eigenvalue weighted by Crippen LogP contribution is 2.47. The van der Waals surface area contributed by atoms with Gasteiger partial charge in [0, 0.05) is 25.4 Å². The molecule has 1 fully saturated rings. The molecule has 0 spiro atoms. The molecule has 1 saturated heterocycles. The molecule has 162 valence electrons. The van der Waals surface area contributed by atoms with E-state index in [4.69, 9.17) is 17.7 Å². The maximum absolute atomic E-state index is 13.7. The van der Waals surface area contributed by atoms with Crippen LogP contribution in [-0.2, 0) is 4.87 Å². The summed E-state index contributed by atoms with van der Waals surface area (Å²) in [7, 11) is 0. The standard InChI is InChI=1S/C22H15BrN8OS/c23-15-6-8-30-17(15)20(32)31(14-4-2-1-3-5-14)21(28-30)22(33)7-9-29(22)19-16-13(10-24)11-25-18(16)26-12-27-19/h1-6,8,11-12,33H,7,9H2,(H,25,26,27). The van der Waals surface area contributed by atoms with Gasteiger partial charge in [-0.3, -0.25) is 9.36 Å². The van der Waals surface area contributed by atoms with E-state index >= 15 is 0 Å². The van der Waals surface area contributed by atoms with Crippen molar-refractivity contribution in [2.24, 2.45) is 0 Å². The maximum atomic E-state index is 13.7. The number of H-pyrrole nitrogens is 1. The molecule has 1 aliphatic rings. The summed E-state index contributed by atoms with van der Waals surface area (Å²) in [6.07, 6.45) is 5.43. The summed E-state index contributed by atoms with van der Waals surface area (Å²) in [5, 5.41) is 15.0. The zero-order valence-electron chi connectivity index (χ0n) is 17.0. The summed E-state index contributed by atoms with van der Waals surface area (Å²) < 4.78 is 3.83. The number of rotatable bonds is 3. The first kappa shape index (κ1) is 20.0. The van der Waals surface area contributed by atoms with E-state index in [1.165, 1.54) is 6.33 Å². The number of hydrogen-bond donors (Lipinski definition) is 2. The molecule has 33 heavy (non-hydrogen) atoms. The van der Waals surface area contributed by atoms with Crippen LogP contribution in [0.4, 0.5) is 5.82 Å². The van der Waals surface area contributed by atoms with Gasteiger partial charge in [0.1, 0.15) is 34.2 Å². The minimum Gasteiger partial charge on any atom is -0.345 e. The fourth-order valence-electron chi connectivity index (χ4n) is 4.30. The molecule has 0 radical (unpaired) electrons. The average molecular weight is 519 g/mol. The number of thiol groups is 1. The van der Waals surface area contributed by atoms with Crippen molar-refractivity contribution in [1.29, 1.82) is 5.26 Å². The van der Waals surface area contributed by atoms with Crippen LogP contribution in [0.2, 0.25) is 0 Å². The Kier molecular flexibility index (Phi) is 4.36. The summed E-state index contributed by atoms with van der Waals surface area (Å²) in [6, 6.07) is 13.4. The SMILES string of the molecule is N#Cc1c[nH]c2ncnc(N3CCC3(S)c3nn4ccc(Br)c4c(=O)n3-c3ccccc3)c12. The molecule has 11 heteroatoms. The monoisotopic (exact) mass is 518 g/mol. The summed E-state index contributed by atoms with van der Waals surface area (Å²) in [6.45, 7) is 0.629. The number of aromatic nitrogens is 6. The zero-order chi connectivity index (χ0) is 22.7. The Morgan fingerprint density at radius 3 is 2.76 bits per heavy atom. The van der Waals surface area contributed by atoms with Crippen LogP contribution in [0.3, 0.4) is 0 Å². The molecule has 0 aliphatic carbocycles. The fourth-order valence-corrected chi connectivity index (χ4v) is 5.20. The van der Waals surface area contributed by atoms with Crippen LogP contribution in [0.1, 0.15) is 17.8 Å². The lowest BCUT2D eigenvalue weighted by Crippen LogP contribution is -2.57. The highest BCUT2D eigenvalue weighted by atomic mass is 79.9. The van der Waals surface area contributed by atoms with E-state index in [1.807, 2.05) is 35.2 Å². The molecule has 1 aliphatic heterocycles. The lowest BCUT2D eigenvalue weighted by molar-refractivity contribution is 0.382. The van der Waals surface area contributed by atoms with E-state index in [9.17, 15) is 10.1 Å². The molecule has 9 nitrogen and oxygen atoms in total. The van der Waals surface area contributed by atoms with Crippen LogP contribution in [0, 0.1) is 11.3 Å². The van der Waals surface area contributed by atoms with Crippen molar-refractivity contribution in [3.05, 3.63) is 81.3 Å². The number of nitrogens with one attached hydrogen (secondary N) is 1. The van der Waals surface area contributed by atoms with E-state index in [-0.39, 0.29) is 5.56 Å². The second-order valence-corrected chi connectivity index (χ2v) is 9.30. The lowest BCUT2D eigenvalue weighted by Gasteiger charge is -2.50. The number of nitriles is 1. The topological polar surface area (TPSA) is 108 Å². The van der Waals surface area contributed by atoms with Gasteiger partial charge in [0.2, 0.25) is 0 Å². The Balaban J connectivity index is 1.62. The molecule has 1 atom stereocenters. The third-order valence-corrected chi connectivity index (χ3v) is 7.27. The van der Waals surface area contributed by atoms with Crippen LogP contribution in [0.15, 0.2) is 64.4 Å². The van der Waals surface area contributed by atoms with Gasteiger partial charge >= 0.3 is 0 Å². The van der Waals surface area contributed by atoms with Crippen LogP contribution in [0.25, 0.3) is 22.2 Å². The number of anilines is 1. The first-order valence-electron chi connectivity index (χ1n) is 10.1. The van der Waals surface area contributed by atoms with Crippen molar-refractivity contribution in [3.63, 3.8) is 0 Å². The van der Waals surface area contributed by atoms with Gasteiger partial charge in [-0.1, -0.05) is 18.2 Å². The third-order valence-electron chi connectivity index (χ3n) is 5.97. The number of aromatic amines is 1. The number of nitrogens with zero attached hydrogens (tertiary/aromatic N) is 7. The quantitative estimate of drug-likeness (QED) is 0.354. The number of benzene rings is 1. The van der Waals surface area contributed by atoms with Gasteiger partial charge in [0.25, 0.3) is 5.56 Å². The first-order valence-corrected chi connectivity index (χ1v) is 11.3. The minimum absolute atomic E-state index is 0.212. The Morgan fingerprint density at radius 2 is 2.03 bits per heavy atom. The number of para-hydroxylation sites is 1.